The molecule has 0 bridgehead atoms. The van der Waals surface area contributed by atoms with Crippen LogP contribution >= 0.6 is 0 Å². The minimum atomic E-state index is 0.139. The summed E-state index contributed by atoms with van der Waals surface area (Å²) in [6.45, 7) is 14.0. The van der Waals surface area contributed by atoms with Gasteiger partial charge < -0.3 is 11.1 Å². The van der Waals surface area contributed by atoms with Gasteiger partial charge in [-0.3, -0.25) is 0 Å². The minimum Gasteiger partial charge on any atom is -0.388 e. The number of hydrogen-bond acceptors (Lipinski definition) is 2. The van der Waals surface area contributed by atoms with Gasteiger partial charge in [0.2, 0.25) is 0 Å². The smallest absolute Gasteiger partial charge is 0.0143 e. The zero-order valence-corrected chi connectivity index (χ0v) is 11.6. The highest BCUT2D eigenvalue weighted by atomic mass is 14.9. The van der Waals surface area contributed by atoms with E-state index < -0.39 is 0 Å². The fraction of sp³-hybridized carbons (Fsp3) is 0.857. The molecular weight excluding hydrogens is 196 g/mol. The monoisotopic (exact) mass is 226 g/mol. The maximum Gasteiger partial charge on any atom is 0.0143 e. The third kappa shape index (κ3) is 5.55. The molecule has 2 nitrogen and oxygen atoms in total. The minimum absolute atomic E-state index is 0.139. The number of unbranched alkanes of at least 4 members (excludes halogenated alkanes) is 2. The van der Waals surface area contributed by atoms with Crippen LogP contribution in [0.5, 0.6) is 0 Å². The van der Waals surface area contributed by atoms with E-state index in [1.165, 1.54) is 19.3 Å². The van der Waals surface area contributed by atoms with E-state index in [9.17, 15) is 0 Å². The molecule has 0 aromatic heterocycles. The molecular formula is C14H30N2. The van der Waals surface area contributed by atoms with Crippen molar-refractivity contribution < 1.29 is 0 Å². The van der Waals surface area contributed by atoms with Gasteiger partial charge in [0.15, 0.2) is 0 Å². The number of nitrogens with one attached hydrogen (secondary N) is 1. The fourth-order valence-electron chi connectivity index (χ4n) is 2.02. The summed E-state index contributed by atoms with van der Waals surface area (Å²) in [6.07, 6.45) is 5.88. The predicted molar refractivity (Wildman–Crippen MR) is 73.3 cm³/mol. The summed E-state index contributed by atoms with van der Waals surface area (Å²) in [5.41, 5.74) is 7.19. The van der Waals surface area contributed by atoms with Crippen LogP contribution in [-0.4, -0.2) is 12.6 Å². The first-order valence-electron chi connectivity index (χ1n) is 6.65. The van der Waals surface area contributed by atoms with E-state index in [4.69, 9.17) is 5.73 Å². The zero-order valence-electron chi connectivity index (χ0n) is 11.6. The average Bonchev–Trinajstić information content (AvgIpc) is 2.23. The second-order valence-electron chi connectivity index (χ2n) is 5.21. The third-order valence-corrected chi connectivity index (χ3v) is 3.40. The summed E-state index contributed by atoms with van der Waals surface area (Å²) in [7, 11) is 0. The topological polar surface area (TPSA) is 38.0 Å². The maximum atomic E-state index is 5.90. The Labute approximate surface area is 102 Å². The maximum absolute atomic E-state index is 5.90. The second kappa shape index (κ2) is 7.72. The molecule has 2 unspecified atom stereocenters. The van der Waals surface area contributed by atoms with Crippen LogP contribution in [-0.2, 0) is 0 Å². The lowest BCUT2D eigenvalue weighted by Crippen LogP contribution is -2.34. The van der Waals surface area contributed by atoms with Crippen molar-refractivity contribution >= 4 is 0 Å². The van der Waals surface area contributed by atoms with E-state index in [-0.39, 0.29) is 11.5 Å². The van der Waals surface area contributed by atoms with Gasteiger partial charge in [0.25, 0.3) is 0 Å². The lowest BCUT2D eigenvalue weighted by atomic mass is 9.79. The van der Waals surface area contributed by atoms with Gasteiger partial charge in [0, 0.05) is 23.7 Å². The molecule has 0 aliphatic heterocycles. The molecule has 96 valence electrons. The van der Waals surface area contributed by atoms with E-state index in [0.29, 0.717) is 0 Å². The molecule has 0 radical (unpaired) electrons. The van der Waals surface area contributed by atoms with E-state index in [1.54, 1.807) is 0 Å². The Hall–Kier alpha value is -0.500. The van der Waals surface area contributed by atoms with E-state index in [0.717, 1.165) is 25.1 Å². The van der Waals surface area contributed by atoms with Crippen LogP contribution in [0.4, 0.5) is 0 Å². The Kier molecular flexibility index (Phi) is 7.48. The summed E-state index contributed by atoms with van der Waals surface area (Å²) in [4.78, 5) is 0. The zero-order chi connectivity index (χ0) is 12.6. The largest absolute Gasteiger partial charge is 0.388 e. The van der Waals surface area contributed by atoms with Crippen molar-refractivity contribution in [2.45, 2.75) is 65.8 Å². The SMILES string of the molecule is C=C(NCCCCC)C(C)(CC)CC(C)N. The summed E-state index contributed by atoms with van der Waals surface area (Å²) < 4.78 is 0. The molecule has 2 heteroatoms. The fourth-order valence-corrected chi connectivity index (χ4v) is 2.02. The second-order valence-corrected chi connectivity index (χ2v) is 5.21. The molecule has 16 heavy (non-hydrogen) atoms. The van der Waals surface area contributed by atoms with Crippen LogP contribution in [0.1, 0.15) is 59.8 Å². The molecule has 0 saturated carbocycles. The Morgan fingerprint density at radius 1 is 1.38 bits per heavy atom. The molecule has 0 spiro atoms. The molecule has 0 fully saturated rings. The van der Waals surface area contributed by atoms with Crippen molar-refractivity contribution in [1.82, 2.24) is 5.32 Å². The lowest BCUT2D eigenvalue weighted by Gasteiger charge is -2.33. The van der Waals surface area contributed by atoms with Crippen molar-refractivity contribution in [2.75, 3.05) is 6.54 Å². The molecule has 0 heterocycles. The predicted octanol–water partition coefficient (Wildman–Crippen LogP) is 3.43. The van der Waals surface area contributed by atoms with Crippen molar-refractivity contribution in [3.05, 3.63) is 12.3 Å². The number of rotatable bonds is 9. The number of hydrogen-bond donors (Lipinski definition) is 2. The van der Waals surface area contributed by atoms with Gasteiger partial charge in [-0.1, -0.05) is 40.2 Å². The summed E-state index contributed by atoms with van der Waals surface area (Å²) in [6, 6.07) is 0.235. The van der Waals surface area contributed by atoms with Crippen LogP contribution in [0.2, 0.25) is 0 Å². The normalized spacial score (nSPS) is 16.6. The highest BCUT2D eigenvalue weighted by Crippen LogP contribution is 2.32. The van der Waals surface area contributed by atoms with Gasteiger partial charge >= 0.3 is 0 Å². The first-order valence-corrected chi connectivity index (χ1v) is 6.65. The lowest BCUT2D eigenvalue weighted by molar-refractivity contribution is 0.307. The molecule has 0 aliphatic rings. The quantitative estimate of drug-likeness (QED) is 0.591. The summed E-state index contributed by atoms with van der Waals surface area (Å²) in [5, 5.41) is 3.46. The van der Waals surface area contributed by atoms with Gasteiger partial charge in [-0.05, 0) is 26.2 Å². The Morgan fingerprint density at radius 2 is 2.00 bits per heavy atom. The molecule has 2 atom stereocenters. The van der Waals surface area contributed by atoms with Crippen molar-refractivity contribution in [3.63, 3.8) is 0 Å². The molecule has 0 amide bonds. The summed E-state index contributed by atoms with van der Waals surface area (Å²) >= 11 is 0. The molecule has 0 saturated heterocycles. The highest BCUT2D eigenvalue weighted by molar-refractivity contribution is 5.07. The van der Waals surface area contributed by atoms with E-state index >= 15 is 0 Å². The standard InChI is InChI=1S/C14H30N2/c1-6-8-9-10-16-13(4)14(5,7-2)11-12(3)15/h12,16H,4,6-11,15H2,1-3,5H3. The Balaban J connectivity index is 4.09. The van der Waals surface area contributed by atoms with Crippen LogP contribution < -0.4 is 11.1 Å². The van der Waals surface area contributed by atoms with Crippen LogP contribution in [0, 0.1) is 5.41 Å². The van der Waals surface area contributed by atoms with Crippen LogP contribution in [0.15, 0.2) is 12.3 Å². The van der Waals surface area contributed by atoms with E-state index in [2.05, 4.69) is 39.6 Å². The molecule has 0 rings (SSSR count). The Bertz CT molecular complexity index is 199. The van der Waals surface area contributed by atoms with Crippen molar-refractivity contribution in [2.24, 2.45) is 11.1 Å². The molecule has 3 N–H and O–H groups in total. The van der Waals surface area contributed by atoms with Crippen LogP contribution in [0.3, 0.4) is 0 Å². The Morgan fingerprint density at radius 3 is 2.44 bits per heavy atom. The van der Waals surface area contributed by atoms with Gasteiger partial charge in [-0.15, -0.1) is 0 Å². The molecule has 0 aromatic carbocycles. The van der Waals surface area contributed by atoms with Crippen LogP contribution in [0.25, 0.3) is 0 Å². The molecule has 0 aliphatic carbocycles. The number of nitrogens with two attached hydrogens (primary N) is 1. The van der Waals surface area contributed by atoms with Gasteiger partial charge in [-0.2, -0.15) is 0 Å². The summed E-state index contributed by atoms with van der Waals surface area (Å²) in [5.74, 6) is 0. The van der Waals surface area contributed by atoms with Gasteiger partial charge in [0.05, 0.1) is 0 Å². The van der Waals surface area contributed by atoms with Crippen molar-refractivity contribution in [3.8, 4) is 0 Å². The molecule has 0 aromatic rings. The van der Waals surface area contributed by atoms with Gasteiger partial charge in [0.1, 0.15) is 0 Å². The van der Waals surface area contributed by atoms with E-state index in [1.807, 2.05) is 0 Å². The first kappa shape index (κ1) is 15.5. The highest BCUT2D eigenvalue weighted by Gasteiger charge is 2.26. The average molecular weight is 226 g/mol. The first-order chi connectivity index (χ1) is 7.46. The van der Waals surface area contributed by atoms with Gasteiger partial charge in [-0.25, -0.2) is 0 Å². The van der Waals surface area contributed by atoms with Crippen molar-refractivity contribution in [1.29, 1.82) is 0 Å². The number of allylic oxidation sites excluding steroid dienone is 1. The third-order valence-electron chi connectivity index (χ3n) is 3.40.